The predicted octanol–water partition coefficient (Wildman–Crippen LogP) is 4.91. The molecule has 3 aromatic carbocycles. The fraction of sp³-hybridized carbons (Fsp3) is 0.136. The summed E-state index contributed by atoms with van der Waals surface area (Å²) in [6.45, 7) is 1.89. The van der Waals surface area contributed by atoms with Crippen molar-refractivity contribution in [3.63, 3.8) is 0 Å². The second-order valence-electron chi connectivity index (χ2n) is 6.07. The van der Waals surface area contributed by atoms with Gasteiger partial charge in [0, 0.05) is 5.56 Å². The highest BCUT2D eigenvalue weighted by Gasteiger charge is 2.14. The van der Waals surface area contributed by atoms with E-state index in [0.717, 1.165) is 16.7 Å². The Bertz CT molecular complexity index is 843. The molecule has 0 aliphatic heterocycles. The minimum atomic E-state index is -0.282. The largest absolute Gasteiger partial charge is 0.346 e. The van der Waals surface area contributed by atoms with Crippen LogP contribution in [0.5, 0.6) is 0 Å². The molecule has 3 rings (SSSR count). The molecule has 0 saturated carbocycles. The molecule has 1 unspecified atom stereocenters. The van der Waals surface area contributed by atoms with E-state index in [1.807, 2.05) is 49.4 Å². The molecule has 2 nitrogen and oxygen atoms in total. The van der Waals surface area contributed by atoms with Gasteiger partial charge in [0.25, 0.3) is 5.91 Å². The second-order valence-corrected chi connectivity index (χ2v) is 6.07. The van der Waals surface area contributed by atoms with Crippen molar-refractivity contribution in [1.82, 2.24) is 5.32 Å². The van der Waals surface area contributed by atoms with Crippen molar-refractivity contribution in [2.45, 2.75) is 19.4 Å². The fourth-order valence-corrected chi connectivity index (χ4v) is 2.82. The lowest BCUT2D eigenvalue weighted by molar-refractivity contribution is 0.0939. The molecule has 0 aliphatic rings. The summed E-state index contributed by atoms with van der Waals surface area (Å²) in [5, 5.41) is 3.00. The second kappa shape index (κ2) is 7.75. The summed E-state index contributed by atoms with van der Waals surface area (Å²) in [5.41, 5.74) is 3.68. The SMILES string of the molecule is CC(NC(=O)c1ccccc1Cc1ccccc1)c1ccc(F)cc1. The smallest absolute Gasteiger partial charge is 0.252 e. The van der Waals surface area contributed by atoms with Crippen molar-refractivity contribution in [3.05, 3.63) is 107 Å². The highest BCUT2D eigenvalue weighted by atomic mass is 19.1. The summed E-state index contributed by atoms with van der Waals surface area (Å²) in [5.74, 6) is -0.404. The summed E-state index contributed by atoms with van der Waals surface area (Å²) < 4.78 is 13.1. The normalized spacial score (nSPS) is 11.8. The Balaban J connectivity index is 1.77. The first kappa shape index (κ1) is 16.9. The maximum absolute atomic E-state index is 13.1. The molecule has 3 aromatic rings. The van der Waals surface area contributed by atoms with Gasteiger partial charge in [-0.2, -0.15) is 0 Å². The van der Waals surface area contributed by atoms with Gasteiger partial charge in [0.15, 0.2) is 0 Å². The van der Waals surface area contributed by atoms with Gasteiger partial charge in [0.2, 0.25) is 0 Å². The molecule has 25 heavy (non-hydrogen) atoms. The molecule has 3 heteroatoms. The first-order valence-corrected chi connectivity index (χ1v) is 8.31. The van der Waals surface area contributed by atoms with Gasteiger partial charge in [0.05, 0.1) is 6.04 Å². The summed E-state index contributed by atoms with van der Waals surface area (Å²) in [6, 6.07) is 23.7. The van der Waals surface area contributed by atoms with Gasteiger partial charge in [-0.25, -0.2) is 4.39 Å². The zero-order valence-corrected chi connectivity index (χ0v) is 14.1. The van der Waals surface area contributed by atoms with E-state index in [1.165, 1.54) is 12.1 Å². The van der Waals surface area contributed by atoms with Gasteiger partial charge in [-0.15, -0.1) is 0 Å². The van der Waals surface area contributed by atoms with Crippen LogP contribution in [0, 0.1) is 5.82 Å². The molecule has 0 fully saturated rings. The Morgan fingerprint density at radius 1 is 0.920 bits per heavy atom. The lowest BCUT2D eigenvalue weighted by atomic mass is 9.99. The van der Waals surface area contributed by atoms with E-state index in [4.69, 9.17) is 0 Å². The molecular formula is C22H20FNO. The van der Waals surface area contributed by atoms with Crippen molar-refractivity contribution < 1.29 is 9.18 Å². The quantitative estimate of drug-likeness (QED) is 0.706. The molecule has 0 aromatic heterocycles. The van der Waals surface area contributed by atoms with E-state index in [0.29, 0.717) is 12.0 Å². The highest BCUT2D eigenvalue weighted by molar-refractivity contribution is 5.96. The topological polar surface area (TPSA) is 29.1 Å². The van der Waals surface area contributed by atoms with Gasteiger partial charge < -0.3 is 5.32 Å². The van der Waals surface area contributed by atoms with Crippen LogP contribution in [0.3, 0.4) is 0 Å². The third kappa shape index (κ3) is 4.32. The Kier molecular flexibility index (Phi) is 5.24. The van der Waals surface area contributed by atoms with Gasteiger partial charge >= 0.3 is 0 Å². The number of benzene rings is 3. The molecule has 1 atom stereocenters. The number of carbonyl (C=O) groups is 1. The minimum absolute atomic E-state index is 0.122. The van der Waals surface area contributed by atoms with Crippen LogP contribution in [0.2, 0.25) is 0 Å². The molecule has 126 valence electrons. The van der Waals surface area contributed by atoms with Crippen molar-refractivity contribution in [2.75, 3.05) is 0 Å². The number of hydrogen-bond acceptors (Lipinski definition) is 1. The average molecular weight is 333 g/mol. The van der Waals surface area contributed by atoms with Crippen LogP contribution in [0.1, 0.15) is 40.0 Å². The summed E-state index contributed by atoms with van der Waals surface area (Å²) in [4.78, 5) is 12.7. The number of hydrogen-bond donors (Lipinski definition) is 1. The van der Waals surface area contributed by atoms with Crippen LogP contribution in [0.25, 0.3) is 0 Å². The fourth-order valence-electron chi connectivity index (χ4n) is 2.82. The van der Waals surface area contributed by atoms with E-state index in [1.54, 1.807) is 12.1 Å². The summed E-state index contributed by atoms with van der Waals surface area (Å²) in [6.07, 6.45) is 0.704. The van der Waals surface area contributed by atoms with E-state index in [-0.39, 0.29) is 17.8 Å². The molecular weight excluding hydrogens is 313 g/mol. The van der Waals surface area contributed by atoms with Crippen LogP contribution in [-0.4, -0.2) is 5.91 Å². The van der Waals surface area contributed by atoms with Crippen molar-refractivity contribution in [2.24, 2.45) is 0 Å². The molecule has 1 N–H and O–H groups in total. The number of nitrogens with one attached hydrogen (secondary N) is 1. The highest BCUT2D eigenvalue weighted by Crippen LogP contribution is 2.17. The molecule has 0 aliphatic carbocycles. The third-order valence-electron chi connectivity index (χ3n) is 4.22. The molecule has 0 spiro atoms. The van der Waals surface area contributed by atoms with Gasteiger partial charge in [-0.05, 0) is 48.2 Å². The third-order valence-corrected chi connectivity index (χ3v) is 4.22. The van der Waals surface area contributed by atoms with Crippen molar-refractivity contribution >= 4 is 5.91 Å². The van der Waals surface area contributed by atoms with Crippen molar-refractivity contribution in [3.8, 4) is 0 Å². The molecule has 0 saturated heterocycles. The average Bonchev–Trinajstić information content (AvgIpc) is 2.63. The van der Waals surface area contributed by atoms with Gasteiger partial charge in [-0.3, -0.25) is 4.79 Å². The van der Waals surface area contributed by atoms with Crippen molar-refractivity contribution in [1.29, 1.82) is 0 Å². The Morgan fingerprint density at radius 3 is 2.28 bits per heavy atom. The minimum Gasteiger partial charge on any atom is -0.346 e. The van der Waals surface area contributed by atoms with E-state index in [2.05, 4.69) is 17.4 Å². The standard InChI is InChI=1S/C22H20FNO/c1-16(18-11-13-20(23)14-12-18)24-22(25)21-10-6-5-9-19(21)15-17-7-3-2-4-8-17/h2-14,16H,15H2,1H3,(H,24,25). The lowest BCUT2D eigenvalue weighted by Crippen LogP contribution is -2.27. The maximum Gasteiger partial charge on any atom is 0.252 e. The van der Waals surface area contributed by atoms with Crippen LogP contribution in [0.4, 0.5) is 4.39 Å². The van der Waals surface area contributed by atoms with Crippen LogP contribution in [0.15, 0.2) is 78.9 Å². The van der Waals surface area contributed by atoms with Crippen LogP contribution >= 0.6 is 0 Å². The molecule has 0 bridgehead atoms. The summed E-state index contributed by atoms with van der Waals surface area (Å²) in [7, 11) is 0. The zero-order valence-electron chi connectivity index (χ0n) is 14.1. The van der Waals surface area contributed by atoms with E-state index < -0.39 is 0 Å². The molecule has 1 amide bonds. The predicted molar refractivity (Wildman–Crippen MR) is 98.0 cm³/mol. The van der Waals surface area contributed by atoms with Crippen LogP contribution < -0.4 is 5.32 Å². The lowest BCUT2D eigenvalue weighted by Gasteiger charge is -2.16. The number of halogens is 1. The number of rotatable bonds is 5. The molecule has 0 radical (unpaired) electrons. The van der Waals surface area contributed by atoms with E-state index in [9.17, 15) is 9.18 Å². The number of amides is 1. The Hall–Kier alpha value is -2.94. The Labute approximate surface area is 147 Å². The number of carbonyl (C=O) groups excluding carboxylic acids is 1. The van der Waals surface area contributed by atoms with Crippen LogP contribution in [-0.2, 0) is 6.42 Å². The summed E-state index contributed by atoms with van der Waals surface area (Å²) >= 11 is 0. The maximum atomic E-state index is 13.1. The zero-order chi connectivity index (χ0) is 17.6. The molecule has 0 heterocycles. The first-order valence-electron chi connectivity index (χ1n) is 8.31. The Morgan fingerprint density at radius 2 is 1.56 bits per heavy atom. The van der Waals surface area contributed by atoms with Gasteiger partial charge in [-0.1, -0.05) is 60.7 Å². The van der Waals surface area contributed by atoms with Gasteiger partial charge in [0.1, 0.15) is 5.82 Å². The first-order chi connectivity index (χ1) is 12.1. The monoisotopic (exact) mass is 333 g/mol. The van der Waals surface area contributed by atoms with E-state index >= 15 is 0 Å².